The highest BCUT2D eigenvalue weighted by molar-refractivity contribution is 6.41. The molecule has 6 aromatic carbocycles. The standard InChI is InChI=1S/C27H18/c1-2-15-14-20-5-3-4-16-6-7-17-8-9-18-10-11-19-12-13-21(15)27-25(19)24(18)23(17)22(16)26(20)27/h3-4,6-14H,2,5H2,1H3. The van der Waals surface area contributed by atoms with E-state index in [1.54, 1.807) is 0 Å². The summed E-state index contributed by atoms with van der Waals surface area (Å²) in [7, 11) is 0. The van der Waals surface area contributed by atoms with E-state index in [4.69, 9.17) is 0 Å². The van der Waals surface area contributed by atoms with Crippen LogP contribution in [0.1, 0.15) is 23.6 Å². The van der Waals surface area contributed by atoms with Gasteiger partial charge >= 0.3 is 0 Å². The van der Waals surface area contributed by atoms with Crippen LogP contribution in [0.3, 0.4) is 0 Å². The van der Waals surface area contributed by atoms with Gasteiger partial charge in [-0.15, -0.1) is 0 Å². The summed E-state index contributed by atoms with van der Waals surface area (Å²) in [6.45, 7) is 2.28. The van der Waals surface area contributed by atoms with Crippen molar-refractivity contribution in [1.29, 1.82) is 0 Å². The van der Waals surface area contributed by atoms with Gasteiger partial charge in [0, 0.05) is 0 Å². The fraction of sp³-hybridized carbons (Fsp3) is 0.111. The van der Waals surface area contributed by atoms with E-state index < -0.39 is 0 Å². The number of aryl methyl sites for hydroxylation is 1. The van der Waals surface area contributed by atoms with E-state index in [-0.39, 0.29) is 0 Å². The summed E-state index contributed by atoms with van der Waals surface area (Å²) in [5.41, 5.74) is 4.33. The molecule has 0 spiro atoms. The predicted molar refractivity (Wildman–Crippen MR) is 118 cm³/mol. The molecule has 0 radical (unpaired) electrons. The van der Waals surface area contributed by atoms with E-state index >= 15 is 0 Å². The maximum atomic E-state index is 2.47. The second kappa shape index (κ2) is 4.58. The van der Waals surface area contributed by atoms with Crippen molar-refractivity contribution in [3.05, 3.63) is 77.4 Å². The molecule has 0 amide bonds. The third-order valence-corrected chi connectivity index (χ3v) is 6.71. The molecule has 0 bridgehead atoms. The van der Waals surface area contributed by atoms with Gasteiger partial charge in [-0.2, -0.15) is 0 Å². The molecule has 0 heteroatoms. The highest BCUT2D eigenvalue weighted by Crippen LogP contribution is 2.48. The Labute approximate surface area is 157 Å². The third-order valence-electron chi connectivity index (χ3n) is 6.71. The first-order chi connectivity index (χ1) is 13.3. The second-order valence-electron chi connectivity index (χ2n) is 7.97. The lowest BCUT2D eigenvalue weighted by atomic mass is 9.82. The van der Waals surface area contributed by atoms with Gasteiger partial charge in [0.1, 0.15) is 0 Å². The molecule has 0 heterocycles. The van der Waals surface area contributed by atoms with Crippen LogP contribution in [0.25, 0.3) is 59.9 Å². The molecule has 0 atom stereocenters. The van der Waals surface area contributed by atoms with Gasteiger partial charge in [0.05, 0.1) is 0 Å². The lowest BCUT2D eigenvalue weighted by molar-refractivity contribution is 1.15. The normalized spacial score (nSPS) is 14.0. The van der Waals surface area contributed by atoms with E-state index in [1.165, 1.54) is 70.6 Å². The van der Waals surface area contributed by atoms with Gasteiger partial charge in [-0.25, -0.2) is 0 Å². The van der Waals surface area contributed by atoms with Gasteiger partial charge in [-0.3, -0.25) is 0 Å². The lowest BCUT2D eigenvalue weighted by Crippen LogP contribution is -1.96. The number of hydrogen-bond donors (Lipinski definition) is 0. The number of benzene rings is 6. The van der Waals surface area contributed by atoms with Crippen LogP contribution in [0, 0.1) is 0 Å². The smallest absolute Gasteiger partial charge is 0.00139 e. The van der Waals surface area contributed by atoms with Crippen molar-refractivity contribution < 1.29 is 0 Å². The van der Waals surface area contributed by atoms with Gasteiger partial charge in [0.25, 0.3) is 0 Å². The monoisotopic (exact) mass is 342 g/mol. The van der Waals surface area contributed by atoms with E-state index in [1.807, 2.05) is 0 Å². The molecule has 0 saturated carbocycles. The molecule has 7 rings (SSSR count). The minimum atomic E-state index is 1.02. The molecule has 0 N–H and O–H groups in total. The van der Waals surface area contributed by atoms with Crippen molar-refractivity contribution in [3.8, 4) is 0 Å². The number of hydrogen-bond acceptors (Lipinski definition) is 0. The molecular weight excluding hydrogens is 324 g/mol. The zero-order valence-electron chi connectivity index (χ0n) is 15.3. The number of rotatable bonds is 1. The van der Waals surface area contributed by atoms with Crippen LogP contribution in [0.15, 0.2) is 60.7 Å². The van der Waals surface area contributed by atoms with E-state index in [0.717, 1.165) is 12.8 Å². The first-order valence-corrected chi connectivity index (χ1v) is 9.91. The molecule has 0 unspecified atom stereocenters. The Morgan fingerprint density at radius 3 is 2.04 bits per heavy atom. The molecule has 1 aliphatic carbocycles. The zero-order valence-corrected chi connectivity index (χ0v) is 15.3. The number of allylic oxidation sites excluding steroid dienone is 1. The average molecular weight is 342 g/mol. The van der Waals surface area contributed by atoms with Crippen molar-refractivity contribution in [3.63, 3.8) is 0 Å². The SMILES string of the molecule is CCc1cc2c3c4c(ccc5ccc6ccc7ccc1c3c7c6c54)C=CC2. The summed E-state index contributed by atoms with van der Waals surface area (Å²) < 4.78 is 0. The largest absolute Gasteiger partial charge is 0.0795 e. The summed E-state index contributed by atoms with van der Waals surface area (Å²) in [4.78, 5) is 0. The van der Waals surface area contributed by atoms with Gasteiger partial charge in [0.15, 0.2) is 0 Å². The van der Waals surface area contributed by atoms with E-state index in [2.05, 4.69) is 73.7 Å². The van der Waals surface area contributed by atoms with Crippen molar-refractivity contribution >= 4 is 59.9 Å². The summed E-state index contributed by atoms with van der Waals surface area (Å²) >= 11 is 0. The summed E-state index contributed by atoms with van der Waals surface area (Å²) in [6, 6.07) is 20.9. The van der Waals surface area contributed by atoms with Crippen molar-refractivity contribution in [2.75, 3.05) is 0 Å². The first kappa shape index (κ1) is 14.0. The molecule has 0 nitrogen and oxygen atoms in total. The quantitative estimate of drug-likeness (QED) is 0.215. The Balaban J connectivity index is 2.01. The maximum absolute atomic E-state index is 2.47. The van der Waals surface area contributed by atoms with Gasteiger partial charge in [-0.1, -0.05) is 73.7 Å². The summed E-state index contributed by atoms with van der Waals surface area (Å²) in [5, 5.41) is 14.3. The van der Waals surface area contributed by atoms with Crippen LogP contribution in [-0.2, 0) is 12.8 Å². The third kappa shape index (κ3) is 1.52. The zero-order chi connectivity index (χ0) is 17.7. The van der Waals surface area contributed by atoms with Crippen LogP contribution >= 0.6 is 0 Å². The minimum Gasteiger partial charge on any atom is -0.0795 e. The molecule has 0 saturated heterocycles. The maximum Gasteiger partial charge on any atom is -0.00139 e. The molecule has 27 heavy (non-hydrogen) atoms. The minimum absolute atomic E-state index is 1.02. The Morgan fingerprint density at radius 2 is 1.30 bits per heavy atom. The lowest BCUT2D eigenvalue weighted by Gasteiger charge is -2.21. The fourth-order valence-corrected chi connectivity index (χ4v) is 5.57. The molecule has 0 fully saturated rings. The van der Waals surface area contributed by atoms with E-state index in [9.17, 15) is 0 Å². The Hall–Kier alpha value is -3.12. The summed E-state index contributed by atoms with van der Waals surface area (Å²) in [5.74, 6) is 0. The van der Waals surface area contributed by atoms with Crippen LogP contribution < -0.4 is 0 Å². The van der Waals surface area contributed by atoms with Gasteiger partial charge in [0.2, 0.25) is 0 Å². The first-order valence-electron chi connectivity index (χ1n) is 9.91. The second-order valence-corrected chi connectivity index (χ2v) is 7.97. The Kier molecular flexibility index (Phi) is 2.38. The predicted octanol–water partition coefficient (Wildman–Crippen LogP) is 7.46. The van der Waals surface area contributed by atoms with Crippen molar-refractivity contribution in [2.24, 2.45) is 0 Å². The molecule has 126 valence electrons. The Bertz CT molecular complexity index is 1560. The average Bonchev–Trinajstić information content (AvgIpc) is 2.91. The van der Waals surface area contributed by atoms with Crippen molar-refractivity contribution in [1.82, 2.24) is 0 Å². The summed E-state index contributed by atoms with van der Waals surface area (Å²) in [6.07, 6.45) is 6.77. The molecule has 0 aromatic heterocycles. The van der Waals surface area contributed by atoms with Crippen LogP contribution in [0.2, 0.25) is 0 Å². The Morgan fingerprint density at radius 1 is 0.667 bits per heavy atom. The van der Waals surface area contributed by atoms with Crippen LogP contribution in [0.5, 0.6) is 0 Å². The highest BCUT2D eigenvalue weighted by atomic mass is 14.2. The van der Waals surface area contributed by atoms with Crippen LogP contribution in [0.4, 0.5) is 0 Å². The molecule has 0 aliphatic heterocycles. The van der Waals surface area contributed by atoms with Crippen LogP contribution in [-0.4, -0.2) is 0 Å². The topological polar surface area (TPSA) is 0 Å². The fourth-order valence-electron chi connectivity index (χ4n) is 5.57. The van der Waals surface area contributed by atoms with Gasteiger partial charge in [-0.05, 0) is 83.4 Å². The highest BCUT2D eigenvalue weighted by Gasteiger charge is 2.22. The molecular formula is C27H18. The van der Waals surface area contributed by atoms with E-state index in [0.29, 0.717) is 0 Å². The van der Waals surface area contributed by atoms with Gasteiger partial charge < -0.3 is 0 Å². The molecule has 1 aliphatic rings. The van der Waals surface area contributed by atoms with Crippen molar-refractivity contribution in [2.45, 2.75) is 19.8 Å². The molecule has 6 aromatic rings.